The summed E-state index contributed by atoms with van der Waals surface area (Å²) in [7, 11) is 0. The lowest BCUT2D eigenvalue weighted by atomic mass is 9.91. The summed E-state index contributed by atoms with van der Waals surface area (Å²) in [6.07, 6.45) is 2.89. The fourth-order valence-corrected chi connectivity index (χ4v) is 4.90. The first-order valence-electron chi connectivity index (χ1n) is 12.6. The lowest BCUT2D eigenvalue weighted by Gasteiger charge is -2.40. The van der Waals surface area contributed by atoms with E-state index < -0.39 is 0 Å². The Hall–Kier alpha value is -2.85. The van der Waals surface area contributed by atoms with Gasteiger partial charge in [0.1, 0.15) is 5.82 Å². The van der Waals surface area contributed by atoms with E-state index >= 15 is 0 Å². The molecule has 1 fully saturated rings. The Morgan fingerprint density at radius 3 is 2.76 bits per heavy atom. The number of esters is 1. The van der Waals surface area contributed by atoms with Crippen molar-refractivity contribution in [3.63, 3.8) is 0 Å². The summed E-state index contributed by atoms with van der Waals surface area (Å²) < 4.78 is 19.7. The largest absolute Gasteiger partial charge is 0.466 e. The third kappa shape index (κ3) is 7.58. The molecule has 2 atom stereocenters. The number of carbonyl (C=O) groups excluding carboxylic acids is 1. The van der Waals surface area contributed by atoms with Crippen LogP contribution in [0.1, 0.15) is 24.6 Å². The number of hydrogen-bond acceptors (Lipinski definition) is 7. The molecule has 8 nitrogen and oxygen atoms in total. The van der Waals surface area contributed by atoms with Crippen LogP contribution in [0.25, 0.3) is 11.1 Å². The van der Waals surface area contributed by atoms with E-state index in [9.17, 15) is 14.3 Å². The van der Waals surface area contributed by atoms with Gasteiger partial charge in [0.25, 0.3) is 0 Å². The molecule has 0 amide bonds. The van der Waals surface area contributed by atoms with Gasteiger partial charge in [-0.3, -0.25) is 4.79 Å². The van der Waals surface area contributed by atoms with Gasteiger partial charge in [0.05, 0.1) is 24.4 Å². The zero-order chi connectivity index (χ0) is 26.2. The number of carbonyl (C=O) groups is 1. The highest BCUT2D eigenvalue weighted by Crippen LogP contribution is 2.27. The minimum absolute atomic E-state index is 0.0465. The number of H-pyrrole nitrogens is 1. The van der Waals surface area contributed by atoms with E-state index in [0.717, 1.165) is 29.9 Å². The number of halogens is 2. The predicted octanol–water partition coefficient (Wildman–Crippen LogP) is 3.46. The number of ether oxygens (including phenoxy) is 1. The van der Waals surface area contributed by atoms with Crippen LogP contribution in [-0.4, -0.2) is 70.3 Å². The van der Waals surface area contributed by atoms with Crippen molar-refractivity contribution < 1.29 is 19.0 Å². The quantitative estimate of drug-likeness (QED) is 0.291. The highest BCUT2D eigenvalue weighted by molar-refractivity contribution is 6.30. The average Bonchev–Trinajstić information content (AvgIpc) is 3.39. The molecule has 198 valence electrons. The number of aromatic amines is 1. The van der Waals surface area contributed by atoms with Gasteiger partial charge in [-0.25, -0.2) is 4.39 Å². The molecule has 0 spiro atoms. The minimum Gasteiger partial charge on any atom is -0.466 e. The van der Waals surface area contributed by atoms with Crippen molar-refractivity contribution in [2.75, 3.05) is 32.8 Å². The van der Waals surface area contributed by atoms with Crippen molar-refractivity contribution in [3.8, 4) is 11.1 Å². The first kappa shape index (κ1) is 27.2. The number of likely N-dealkylation sites (tertiary alicyclic amines) is 1. The van der Waals surface area contributed by atoms with E-state index in [-0.39, 0.29) is 36.3 Å². The molecule has 0 aliphatic carbocycles. The third-order valence-electron chi connectivity index (χ3n) is 6.67. The number of nitrogens with one attached hydrogen (secondary N) is 2. The van der Waals surface area contributed by atoms with Gasteiger partial charge in [0.15, 0.2) is 0 Å². The molecule has 37 heavy (non-hydrogen) atoms. The molecule has 1 aromatic heterocycles. The molecule has 10 heteroatoms. The van der Waals surface area contributed by atoms with E-state index in [0.29, 0.717) is 43.1 Å². The highest BCUT2D eigenvalue weighted by atomic mass is 35.5. The third-order valence-corrected chi connectivity index (χ3v) is 6.91. The number of aliphatic hydroxyl groups excluding tert-OH is 1. The number of aliphatic hydroxyl groups is 1. The van der Waals surface area contributed by atoms with Crippen LogP contribution in [0.15, 0.2) is 48.7 Å². The van der Waals surface area contributed by atoms with Crippen LogP contribution in [0.5, 0.6) is 0 Å². The molecular weight excluding hydrogens is 497 g/mol. The summed E-state index contributed by atoms with van der Waals surface area (Å²) in [5.74, 6) is -0.577. The van der Waals surface area contributed by atoms with E-state index in [1.165, 1.54) is 12.1 Å². The topological polar surface area (TPSA) is 103 Å². The molecule has 0 saturated carbocycles. The van der Waals surface area contributed by atoms with Crippen LogP contribution in [0.3, 0.4) is 0 Å². The van der Waals surface area contributed by atoms with Gasteiger partial charge in [-0.1, -0.05) is 35.9 Å². The molecule has 3 aromatic rings. The molecule has 4 rings (SSSR count). The zero-order valence-electron chi connectivity index (χ0n) is 20.9. The maximum Gasteiger partial charge on any atom is 0.310 e. The van der Waals surface area contributed by atoms with Crippen molar-refractivity contribution in [1.29, 1.82) is 0 Å². The molecule has 0 unspecified atom stereocenters. The Bertz CT molecular complexity index is 1140. The van der Waals surface area contributed by atoms with E-state index in [1.54, 1.807) is 12.3 Å². The van der Waals surface area contributed by atoms with Crippen LogP contribution >= 0.6 is 11.6 Å². The highest BCUT2D eigenvalue weighted by Gasteiger charge is 2.32. The SMILES string of the molecule is CCOC(=O)[C@@H](C[C@@H](Cc1ccc(-c2cc(Cl)ccc2F)cc1)NCc1cn[nH]n1)CN1CC(CO)C1. The monoisotopic (exact) mass is 529 g/mol. The van der Waals surface area contributed by atoms with E-state index in [1.807, 2.05) is 31.2 Å². The van der Waals surface area contributed by atoms with Gasteiger partial charge in [-0.2, -0.15) is 15.4 Å². The molecule has 1 aliphatic rings. The smallest absolute Gasteiger partial charge is 0.310 e. The number of benzene rings is 2. The number of hydrogen-bond donors (Lipinski definition) is 3. The summed E-state index contributed by atoms with van der Waals surface area (Å²) >= 11 is 6.07. The Morgan fingerprint density at radius 2 is 2.08 bits per heavy atom. The number of rotatable bonds is 13. The summed E-state index contributed by atoms with van der Waals surface area (Å²) in [5, 5.41) is 24.0. The second-order valence-electron chi connectivity index (χ2n) is 9.52. The van der Waals surface area contributed by atoms with Gasteiger partial charge in [0.2, 0.25) is 0 Å². The molecular formula is C27H33ClFN5O3. The summed E-state index contributed by atoms with van der Waals surface area (Å²) in [6.45, 7) is 4.95. The fraction of sp³-hybridized carbons (Fsp3) is 0.444. The molecule has 2 heterocycles. The molecule has 0 bridgehead atoms. The van der Waals surface area contributed by atoms with Crippen LogP contribution in [0.4, 0.5) is 4.39 Å². The van der Waals surface area contributed by atoms with Crippen LogP contribution < -0.4 is 5.32 Å². The second kappa shape index (κ2) is 13.1. The van der Waals surface area contributed by atoms with Gasteiger partial charge in [-0.05, 0) is 49.1 Å². The average molecular weight is 530 g/mol. The maximum atomic E-state index is 14.3. The first-order chi connectivity index (χ1) is 17.9. The van der Waals surface area contributed by atoms with Gasteiger partial charge in [-0.15, -0.1) is 0 Å². The fourth-order valence-electron chi connectivity index (χ4n) is 4.72. The standard InChI is InChI=1S/C27H33ClFN5O3/c1-2-37-27(36)21(16-34-14-19(15-34)17-35)10-23(30-12-24-13-31-33-32-24)9-18-3-5-20(6-4-18)25-11-22(28)7-8-26(25)29/h3-8,11,13,19,21,23,30,35H,2,9-10,12,14-17H2,1H3,(H,31,32,33)/t21-,23+/m0/s1. The van der Waals surface area contributed by atoms with Crippen LogP contribution in [0, 0.1) is 17.7 Å². The summed E-state index contributed by atoms with van der Waals surface area (Å²) in [6, 6.07) is 12.2. The van der Waals surface area contributed by atoms with Crippen LogP contribution in [-0.2, 0) is 22.5 Å². The number of aromatic nitrogens is 3. The second-order valence-corrected chi connectivity index (χ2v) is 9.95. The predicted molar refractivity (Wildman–Crippen MR) is 139 cm³/mol. The van der Waals surface area contributed by atoms with E-state index in [4.69, 9.17) is 16.3 Å². The van der Waals surface area contributed by atoms with Gasteiger partial charge < -0.3 is 20.1 Å². The molecule has 1 aliphatic heterocycles. The Kier molecular flexibility index (Phi) is 9.62. The maximum absolute atomic E-state index is 14.3. The normalized spacial score (nSPS) is 15.8. The van der Waals surface area contributed by atoms with Crippen molar-refractivity contribution in [2.45, 2.75) is 32.4 Å². The van der Waals surface area contributed by atoms with Crippen molar-refractivity contribution in [3.05, 3.63) is 70.8 Å². The lowest BCUT2D eigenvalue weighted by molar-refractivity contribution is -0.150. The minimum atomic E-state index is -0.323. The van der Waals surface area contributed by atoms with Crippen molar-refractivity contribution >= 4 is 17.6 Å². The molecule has 2 aromatic carbocycles. The Morgan fingerprint density at radius 1 is 1.30 bits per heavy atom. The lowest BCUT2D eigenvalue weighted by Crippen LogP contribution is -2.51. The Balaban J connectivity index is 1.48. The molecule has 1 saturated heterocycles. The van der Waals surface area contributed by atoms with Crippen molar-refractivity contribution in [1.82, 2.24) is 25.6 Å². The first-order valence-corrected chi connectivity index (χ1v) is 12.9. The Labute approximate surface area is 221 Å². The van der Waals surface area contributed by atoms with E-state index in [2.05, 4.69) is 25.6 Å². The van der Waals surface area contributed by atoms with Gasteiger partial charge >= 0.3 is 5.97 Å². The van der Waals surface area contributed by atoms with Crippen LogP contribution in [0.2, 0.25) is 5.02 Å². The van der Waals surface area contributed by atoms with Gasteiger partial charge in [0, 0.05) is 55.3 Å². The molecule has 0 radical (unpaired) electrons. The van der Waals surface area contributed by atoms with Crippen molar-refractivity contribution in [2.24, 2.45) is 11.8 Å². The zero-order valence-corrected chi connectivity index (χ0v) is 21.6. The summed E-state index contributed by atoms with van der Waals surface area (Å²) in [5.41, 5.74) is 3.03. The number of nitrogens with zero attached hydrogens (tertiary/aromatic N) is 3. The molecule has 3 N–H and O–H groups in total. The summed E-state index contributed by atoms with van der Waals surface area (Å²) in [4.78, 5) is 15.0.